The summed E-state index contributed by atoms with van der Waals surface area (Å²) in [6.45, 7) is 4.56. The number of hydrogen-bond donors (Lipinski definition) is 1. The van der Waals surface area contributed by atoms with Gasteiger partial charge in [0.25, 0.3) is 0 Å². The topological polar surface area (TPSA) is 53.6 Å². The van der Waals surface area contributed by atoms with E-state index < -0.39 is 0 Å². The van der Waals surface area contributed by atoms with Gasteiger partial charge in [0.1, 0.15) is 0 Å². The molecular formula is C9H14N4. The third kappa shape index (κ3) is 3.26. The van der Waals surface area contributed by atoms with Crippen LogP contribution >= 0.6 is 0 Å². The second kappa shape index (κ2) is 5.33. The maximum Gasteiger partial charge on any atom is 0.0641 e. The van der Waals surface area contributed by atoms with Crippen LogP contribution in [0.3, 0.4) is 0 Å². The molecule has 0 unspecified atom stereocenters. The molecule has 0 bridgehead atoms. The van der Waals surface area contributed by atoms with Crippen molar-refractivity contribution in [2.24, 2.45) is 0 Å². The Bertz CT molecular complexity index is 284. The molecule has 0 atom stereocenters. The average Bonchev–Trinajstić information content (AvgIpc) is 2.59. The lowest BCUT2D eigenvalue weighted by Gasteiger charge is -1.96. The molecule has 0 aliphatic rings. The molecule has 1 rings (SSSR count). The molecule has 1 heterocycles. The SMILES string of the molecule is CCNCc1cnn(CCC#N)c1. The van der Waals surface area contributed by atoms with Gasteiger partial charge in [-0.2, -0.15) is 10.4 Å². The standard InChI is InChI=1S/C9H14N4/c1-2-11-6-9-7-12-13(8-9)5-3-4-10/h7-8,11H,2-3,5-6H2,1H3. The second-order valence-electron chi connectivity index (χ2n) is 2.80. The largest absolute Gasteiger partial charge is 0.313 e. The van der Waals surface area contributed by atoms with E-state index >= 15 is 0 Å². The minimum atomic E-state index is 0.516. The molecule has 70 valence electrons. The highest BCUT2D eigenvalue weighted by atomic mass is 15.3. The molecule has 0 aliphatic carbocycles. The van der Waals surface area contributed by atoms with Gasteiger partial charge in [-0.25, -0.2) is 0 Å². The van der Waals surface area contributed by atoms with Crippen LogP contribution < -0.4 is 5.32 Å². The molecule has 0 aliphatic heterocycles. The fourth-order valence-electron chi connectivity index (χ4n) is 1.05. The lowest BCUT2D eigenvalue weighted by atomic mass is 10.3. The maximum absolute atomic E-state index is 8.37. The number of hydrogen-bond acceptors (Lipinski definition) is 3. The third-order valence-electron chi connectivity index (χ3n) is 1.72. The van der Waals surface area contributed by atoms with Gasteiger partial charge in [0, 0.05) is 18.3 Å². The minimum Gasteiger partial charge on any atom is -0.313 e. The van der Waals surface area contributed by atoms with E-state index in [1.54, 1.807) is 4.68 Å². The van der Waals surface area contributed by atoms with Crippen LogP contribution in [0.2, 0.25) is 0 Å². The molecule has 4 heteroatoms. The second-order valence-corrected chi connectivity index (χ2v) is 2.80. The Morgan fingerprint density at radius 2 is 2.54 bits per heavy atom. The Labute approximate surface area is 78.2 Å². The normalized spacial score (nSPS) is 9.85. The van der Waals surface area contributed by atoms with Crippen LogP contribution in [0.1, 0.15) is 18.9 Å². The van der Waals surface area contributed by atoms with Crippen LogP contribution in [0, 0.1) is 11.3 Å². The fraction of sp³-hybridized carbons (Fsp3) is 0.556. The zero-order valence-electron chi connectivity index (χ0n) is 7.82. The van der Waals surface area contributed by atoms with E-state index in [0.29, 0.717) is 13.0 Å². The van der Waals surface area contributed by atoms with Crippen molar-refractivity contribution in [3.05, 3.63) is 18.0 Å². The summed E-state index contributed by atoms with van der Waals surface area (Å²) < 4.78 is 1.80. The molecule has 0 aromatic carbocycles. The van der Waals surface area contributed by atoms with Gasteiger partial charge in [-0.3, -0.25) is 4.68 Å². The van der Waals surface area contributed by atoms with Crippen LogP contribution in [-0.4, -0.2) is 16.3 Å². The first-order valence-corrected chi connectivity index (χ1v) is 4.45. The first kappa shape index (κ1) is 9.75. The summed E-state index contributed by atoms with van der Waals surface area (Å²) in [5.41, 5.74) is 1.17. The summed E-state index contributed by atoms with van der Waals surface area (Å²) in [6, 6.07) is 2.09. The van der Waals surface area contributed by atoms with Gasteiger partial charge in [0.15, 0.2) is 0 Å². The average molecular weight is 178 g/mol. The number of nitriles is 1. The van der Waals surface area contributed by atoms with E-state index in [-0.39, 0.29) is 0 Å². The van der Waals surface area contributed by atoms with Crippen LogP contribution in [0.4, 0.5) is 0 Å². The molecule has 1 aromatic heterocycles. The van der Waals surface area contributed by atoms with Crippen molar-refractivity contribution in [3.8, 4) is 6.07 Å². The molecule has 1 N–H and O–H groups in total. The highest BCUT2D eigenvalue weighted by molar-refractivity contribution is 5.03. The Morgan fingerprint density at radius 3 is 3.23 bits per heavy atom. The number of nitrogens with zero attached hydrogens (tertiary/aromatic N) is 3. The van der Waals surface area contributed by atoms with Gasteiger partial charge < -0.3 is 5.32 Å². The Kier molecular flexibility index (Phi) is 4.00. The predicted molar refractivity (Wildman–Crippen MR) is 49.8 cm³/mol. The van der Waals surface area contributed by atoms with Crippen molar-refractivity contribution in [2.75, 3.05) is 6.54 Å². The van der Waals surface area contributed by atoms with E-state index in [2.05, 4.69) is 23.4 Å². The maximum atomic E-state index is 8.37. The molecule has 0 radical (unpaired) electrons. The van der Waals surface area contributed by atoms with Crippen LogP contribution in [0.15, 0.2) is 12.4 Å². The smallest absolute Gasteiger partial charge is 0.0641 e. The van der Waals surface area contributed by atoms with E-state index in [4.69, 9.17) is 5.26 Å². The van der Waals surface area contributed by atoms with Crippen molar-refractivity contribution in [1.82, 2.24) is 15.1 Å². The molecule has 13 heavy (non-hydrogen) atoms. The van der Waals surface area contributed by atoms with Crippen molar-refractivity contribution in [2.45, 2.75) is 26.4 Å². The summed E-state index contributed by atoms with van der Waals surface area (Å²) in [7, 11) is 0. The molecule has 0 fully saturated rings. The first-order valence-electron chi connectivity index (χ1n) is 4.45. The van der Waals surface area contributed by atoms with Gasteiger partial charge >= 0.3 is 0 Å². The van der Waals surface area contributed by atoms with Crippen LogP contribution in [0.5, 0.6) is 0 Å². The molecule has 1 aromatic rings. The molecule has 0 saturated carbocycles. The Hall–Kier alpha value is -1.34. The minimum absolute atomic E-state index is 0.516. The van der Waals surface area contributed by atoms with Gasteiger partial charge in [-0.1, -0.05) is 6.92 Å². The molecular weight excluding hydrogens is 164 g/mol. The van der Waals surface area contributed by atoms with E-state index in [1.165, 1.54) is 5.56 Å². The van der Waals surface area contributed by atoms with Crippen molar-refractivity contribution >= 4 is 0 Å². The van der Waals surface area contributed by atoms with Crippen LogP contribution in [0.25, 0.3) is 0 Å². The van der Waals surface area contributed by atoms with E-state index in [9.17, 15) is 0 Å². The summed E-state index contributed by atoms with van der Waals surface area (Å²) in [5, 5.41) is 15.7. The zero-order valence-corrected chi connectivity index (χ0v) is 7.82. The molecule has 0 amide bonds. The highest BCUT2D eigenvalue weighted by Gasteiger charge is 1.96. The quantitative estimate of drug-likeness (QED) is 0.729. The Morgan fingerprint density at radius 1 is 1.69 bits per heavy atom. The lowest BCUT2D eigenvalue weighted by molar-refractivity contribution is 0.626. The summed E-state index contributed by atoms with van der Waals surface area (Å²) in [4.78, 5) is 0. The number of aryl methyl sites for hydroxylation is 1. The Balaban J connectivity index is 2.40. The van der Waals surface area contributed by atoms with Crippen molar-refractivity contribution in [3.63, 3.8) is 0 Å². The monoisotopic (exact) mass is 178 g/mol. The lowest BCUT2D eigenvalue weighted by Crippen LogP contribution is -2.11. The van der Waals surface area contributed by atoms with Gasteiger partial charge in [0.05, 0.1) is 25.2 Å². The van der Waals surface area contributed by atoms with Gasteiger partial charge in [-0.05, 0) is 6.54 Å². The summed E-state index contributed by atoms with van der Waals surface area (Å²) in [5.74, 6) is 0. The van der Waals surface area contributed by atoms with Crippen molar-refractivity contribution in [1.29, 1.82) is 5.26 Å². The number of rotatable bonds is 5. The highest BCUT2D eigenvalue weighted by Crippen LogP contribution is 1.97. The number of nitrogens with one attached hydrogen (secondary N) is 1. The van der Waals surface area contributed by atoms with E-state index in [1.807, 2.05) is 12.4 Å². The predicted octanol–water partition coefficient (Wildman–Crippen LogP) is 0.906. The third-order valence-corrected chi connectivity index (χ3v) is 1.72. The summed E-state index contributed by atoms with van der Waals surface area (Å²) in [6.07, 6.45) is 4.32. The molecule has 4 nitrogen and oxygen atoms in total. The number of aromatic nitrogens is 2. The van der Waals surface area contributed by atoms with Gasteiger partial charge in [-0.15, -0.1) is 0 Å². The van der Waals surface area contributed by atoms with Crippen molar-refractivity contribution < 1.29 is 0 Å². The fourth-order valence-corrected chi connectivity index (χ4v) is 1.05. The molecule has 0 spiro atoms. The molecule has 0 saturated heterocycles. The van der Waals surface area contributed by atoms with E-state index in [0.717, 1.165) is 13.1 Å². The van der Waals surface area contributed by atoms with Gasteiger partial charge in [0.2, 0.25) is 0 Å². The zero-order chi connectivity index (χ0) is 9.52. The first-order chi connectivity index (χ1) is 6.36. The summed E-state index contributed by atoms with van der Waals surface area (Å²) >= 11 is 0. The van der Waals surface area contributed by atoms with Crippen LogP contribution in [-0.2, 0) is 13.1 Å².